The van der Waals surface area contributed by atoms with E-state index in [1.165, 1.54) is 0 Å². The van der Waals surface area contributed by atoms with Gasteiger partial charge in [0.05, 0.1) is 35.9 Å². The van der Waals surface area contributed by atoms with E-state index < -0.39 is 6.10 Å². The highest BCUT2D eigenvalue weighted by Crippen LogP contribution is 2.32. The molecule has 0 amide bonds. The Kier molecular flexibility index (Phi) is 7.50. The summed E-state index contributed by atoms with van der Waals surface area (Å²) in [4.78, 5) is 2.19. The maximum absolute atomic E-state index is 10.7. The molecule has 4 aromatic rings. The van der Waals surface area contributed by atoms with Gasteiger partial charge >= 0.3 is 0 Å². The third-order valence-corrected chi connectivity index (χ3v) is 5.90. The number of aryl methyl sites for hydroxylation is 2. The van der Waals surface area contributed by atoms with Gasteiger partial charge in [0, 0.05) is 13.1 Å². The molecule has 0 saturated carbocycles. The summed E-state index contributed by atoms with van der Waals surface area (Å²) in [5, 5.41) is 15.5. The van der Waals surface area contributed by atoms with Crippen LogP contribution in [0.15, 0.2) is 77.4 Å². The first-order valence-electron chi connectivity index (χ1n) is 11.7. The highest BCUT2D eigenvalue weighted by molar-refractivity contribution is 5.43. The van der Waals surface area contributed by atoms with E-state index in [9.17, 15) is 5.11 Å². The molecule has 6 heteroatoms. The number of nitrogens with zero attached hydrogens (tertiary/aromatic N) is 3. The lowest BCUT2D eigenvalue weighted by Crippen LogP contribution is -2.34. The van der Waals surface area contributed by atoms with Crippen LogP contribution in [-0.4, -0.2) is 32.4 Å². The second-order valence-electron chi connectivity index (χ2n) is 9.10. The predicted octanol–water partition coefficient (Wildman–Crippen LogP) is 5.89. The number of aliphatic hydroxyl groups excluding tert-OH is 1. The molecule has 0 aliphatic heterocycles. The standard InChI is InChI=1S/C28H33N3O3/c1-20(2)27(32)19-30(17-25-14-9-15-33-25)18-26-22(4)29-31(23-11-6-5-7-12-23)28(26)34-24-13-8-10-21(3)16-24/h5-16,20,27,32H,17-19H2,1-4H3. The summed E-state index contributed by atoms with van der Waals surface area (Å²) in [6.07, 6.45) is 1.22. The Balaban J connectivity index is 1.73. The van der Waals surface area contributed by atoms with Crippen LogP contribution in [0.2, 0.25) is 0 Å². The minimum atomic E-state index is -0.458. The average molecular weight is 460 g/mol. The molecule has 2 aromatic heterocycles. The lowest BCUT2D eigenvalue weighted by Gasteiger charge is -2.26. The first kappa shape index (κ1) is 23.8. The fourth-order valence-corrected chi connectivity index (χ4v) is 3.87. The van der Waals surface area contributed by atoms with Crippen molar-refractivity contribution in [1.29, 1.82) is 0 Å². The number of hydrogen-bond acceptors (Lipinski definition) is 5. The van der Waals surface area contributed by atoms with Crippen molar-refractivity contribution in [2.45, 2.75) is 46.9 Å². The van der Waals surface area contributed by atoms with Crippen LogP contribution in [0.5, 0.6) is 11.6 Å². The van der Waals surface area contributed by atoms with Gasteiger partial charge < -0.3 is 14.3 Å². The highest BCUT2D eigenvalue weighted by Gasteiger charge is 2.24. The Labute approximate surface area is 201 Å². The first-order valence-corrected chi connectivity index (χ1v) is 11.7. The monoisotopic (exact) mass is 459 g/mol. The summed E-state index contributed by atoms with van der Waals surface area (Å²) in [6.45, 7) is 9.76. The normalized spacial score (nSPS) is 12.4. The molecule has 4 rings (SSSR count). The van der Waals surface area contributed by atoms with Gasteiger partial charge in [0.15, 0.2) is 0 Å². The Morgan fingerprint density at radius 2 is 1.79 bits per heavy atom. The summed E-state index contributed by atoms with van der Waals surface area (Å²) in [7, 11) is 0. The van der Waals surface area contributed by atoms with E-state index in [1.807, 2.05) is 99.1 Å². The van der Waals surface area contributed by atoms with Gasteiger partial charge in [-0.15, -0.1) is 0 Å². The second kappa shape index (κ2) is 10.7. The van der Waals surface area contributed by atoms with Crippen molar-refractivity contribution in [3.8, 4) is 17.3 Å². The SMILES string of the molecule is Cc1cccc(Oc2c(CN(Cc3ccco3)CC(O)C(C)C)c(C)nn2-c2ccccc2)c1. The lowest BCUT2D eigenvalue weighted by atomic mass is 10.1. The number of rotatable bonds is 10. The molecule has 6 nitrogen and oxygen atoms in total. The van der Waals surface area contributed by atoms with Gasteiger partial charge in [-0.25, -0.2) is 4.68 Å². The zero-order valence-corrected chi connectivity index (χ0v) is 20.3. The molecule has 0 fully saturated rings. The van der Waals surface area contributed by atoms with Crippen molar-refractivity contribution in [3.63, 3.8) is 0 Å². The Hall–Kier alpha value is -3.35. The second-order valence-corrected chi connectivity index (χ2v) is 9.10. The van der Waals surface area contributed by atoms with E-state index in [0.29, 0.717) is 25.5 Å². The van der Waals surface area contributed by atoms with Crippen LogP contribution >= 0.6 is 0 Å². The van der Waals surface area contributed by atoms with Crippen molar-refractivity contribution in [2.24, 2.45) is 5.92 Å². The molecule has 0 saturated heterocycles. The van der Waals surface area contributed by atoms with E-state index in [2.05, 4.69) is 4.90 Å². The molecule has 2 aromatic carbocycles. The van der Waals surface area contributed by atoms with Gasteiger partial charge in [-0.1, -0.05) is 44.2 Å². The number of ether oxygens (including phenoxy) is 1. The molecule has 1 N–H and O–H groups in total. The molecule has 0 aliphatic rings. The molecule has 0 radical (unpaired) electrons. The van der Waals surface area contributed by atoms with Crippen molar-refractivity contribution < 1.29 is 14.3 Å². The Bertz CT molecular complexity index is 1180. The Morgan fingerprint density at radius 3 is 2.47 bits per heavy atom. The van der Waals surface area contributed by atoms with E-state index in [1.54, 1.807) is 6.26 Å². The molecule has 178 valence electrons. The van der Waals surface area contributed by atoms with Gasteiger partial charge in [0.25, 0.3) is 0 Å². The maximum Gasteiger partial charge on any atom is 0.227 e. The third-order valence-electron chi connectivity index (χ3n) is 5.90. The van der Waals surface area contributed by atoms with Gasteiger partial charge in [-0.2, -0.15) is 5.10 Å². The third kappa shape index (κ3) is 5.76. The van der Waals surface area contributed by atoms with Crippen molar-refractivity contribution in [2.75, 3.05) is 6.54 Å². The van der Waals surface area contributed by atoms with Crippen molar-refractivity contribution in [1.82, 2.24) is 14.7 Å². The van der Waals surface area contributed by atoms with Crippen LogP contribution in [0.3, 0.4) is 0 Å². The van der Waals surface area contributed by atoms with Crippen LogP contribution in [0.4, 0.5) is 0 Å². The molecular formula is C28H33N3O3. The zero-order chi connectivity index (χ0) is 24.1. The fraction of sp³-hybridized carbons (Fsp3) is 0.321. The summed E-state index contributed by atoms with van der Waals surface area (Å²) >= 11 is 0. The van der Waals surface area contributed by atoms with Crippen LogP contribution < -0.4 is 4.74 Å². The van der Waals surface area contributed by atoms with Gasteiger partial charge in [0.1, 0.15) is 11.5 Å². The molecule has 2 heterocycles. The molecular weight excluding hydrogens is 426 g/mol. The maximum atomic E-state index is 10.7. The van der Waals surface area contributed by atoms with Gasteiger partial charge in [0.2, 0.25) is 5.88 Å². The molecule has 0 spiro atoms. The molecule has 0 bridgehead atoms. The highest BCUT2D eigenvalue weighted by atomic mass is 16.5. The summed E-state index contributed by atoms with van der Waals surface area (Å²) in [6, 6.07) is 21.9. The largest absolute Gasteiger partial charge is 0.468 e. The van der Waals surface area contributed by atoms with E-state index in [-0.39, 0.29) is 5.92 Å². The van der Waals surface area contributed by atoms with E-state index in [0.717, 1.165) is 34.0 Å². The number of aromatic nitrogens is 2. The van der Waals surface area contributed by atoms with Gasteiger partial charge in [-0.3, -0.25) is 4.90 Å². The van der Waals surface area contributed by atoms with Crippen LogP contribution in [0, 0.1) is 19.8 Å². The molecule has 34 heavy (non-hydrogen) atoms. The zero-order valence-electron chi connectivity index (χ0n) is 20.3. The quantitative estimate of drug-likeness (QED) is 0.320. The first-order chi connectivity index (χ1) is 16.4. The molecule has 1 atom stereocenters. The number of hydrogen-bond donors (Lipinski definition) is 1. The van der Waals surface area contributed by atoms with Crippen molar-refractivity contribution in [3.05, 3.63) is 95.6 Å². The smallest absolute Gasteiger partial charge is 0.227 e. The lowest BCUT2D eigenvalue weighted by molar-refractivity contribution is 0.0667. The number of furan rings is 1. The summed E-state index contributed by atoms with van der Waals surface area (Å²) in [5.74, 6) is 2.44. The Morgan fingerprint density at radius 1 is 1.00 bits per heavy atom. The number of aliphatic hydroxyl groups is 1. The van der Waals surface area contributed by atoms with Crippen LogP contribution in [0.1, 0.15) is 36.4 Å². The average Bonchev–Trinajstić information content (AvgIpc) is 3.43. The summed E-state index contributed by atoms with van der Waals surface area (Å²) < 4.78 is 13.9. The van der Waals surface area contributed by atoms with E-state index >= 15 is 0 Å². The number of para-hydroxylation sites is 1. The minimum absolute atomic E-state index is 0.148. The fourth-order valence-electron chi connectivity index (χ4n) is 3.87. The van der Waals surface area contributed by atoms with Gasteiger partial charge in [-0.05, 0) is 61.7 Å². The minimum Gasteiger partial charge on any atom is -0.468 e. The van der Waals surface area contributed by atoms with Crippen LogP contribution in [0.25, 0.3) is 5.69 Å². The summed E-state index contributed by atoms with van der Waals surface area (Å²) in [5.41, 5.74) is 3.92. The topological polar surface area (TPSA) is 63.7 Å². The molecule has 1 unspecified atom stereocenters. The van der Waals surface area contributed by atoms with Crippen molar-refractivity contribution >= 4 is 0 Å². The molecule has 0 aliphatic carbocycles. The van der Waals surface area contributed by atoms with E-state index in [4.69, 9.17) is 14.3 Å². The predicted molar refractivity (Wildman–Crippen MR) is 133 cm³/mol. The van der Waals surface area contributed by atoms with Crippen LogP contribution in [-0.2, 0) is 13.1 Å². The number of benzene rings is 2.